The van der Waals surface area contributed by atoms with E-state index in [0.29, 0.717) is 11.4 Å². The zero-order chi connectivity index (χ0) is 22.2. The highest BCUT2D eigenvalue weighted by Gasteiger charge is 2.29. The largest absolute Gasteiger partial charge is 0.341 e. The lowest BCUT2D eigenvalue weighted by atomic mass is 9.92. The fourth-order valence-electron chi connectivity index (χ4n) is 3.46. The standard InChI is InChI=1S/C26H22N4O2/c31-25(21-15-7-9-17-27-21)29-23(19-11-3-1-4-12-19)24(20-13-5-2-6-14-20)30-26(32)22-16-8-10-18-28-22/h1-18,23-24H,(H,29,31)(H,30,32). The van der Waals surface area contributed by atoms with E-state index in [9.17, 15) is 9.59 Å². The van der Waals surface area contributed by atoms with Crippen LogP contribution >= 0.6 is 0 Å². The van der Waals surface area contributed by atoms with Crippen LogP contribution in [0.25, 0.3) is 0 Å². The highest BCUT2D eigenvalue weighted by Crippen LogP contribution is 2.29. The Kier molecular flexibility index (Phi) is 6.63. The van der Waals surface area contributed by atoms with Crippen molar-refractivity contribution in [3.63, 3.8) is 0 Å². The third kappa shape index (κ3) is 5.05. The number of carbonyl (C=O) groups excluding carboxylic acids is 2. The molecule has 0 saturated heterocycles. The number of amides is 2. The Morgan fingerprint density at radius 3 is 1.25 bits per heavy atom. The molecule has 0 spiro atoms. The molecule has 32 heavy (non-hydrogen) atoms. The Morgan fingerprint density at radius 2 is 0.906 bits per heavy atom. The SMILES string of the molecule is O=C(NC(c1ccccc1)C(NC(=O)c1ccccn1)c1ccccc1)c1ccccn1. The maximum Gasteiger partial charge on any atom is 0.270 e. The second-order valence-corrected chi connectivity index (χ2v) is 7.15. The van der Waals surface area contributed by atoms with Crippen LogP contribution in [0.15, 0.2) is 109 Å². The molecule has 0 bridgehead atoms. The first-order chi connectivity index (χ1) is 15.7. The molecular formula is C26H22N4O2. The number of hydrogen-bond acceptors (Lipinski definition) is 4. The molecule has 0 radical (unpaired) electrons. The maximum absolute atomic E-state index is 13.0. The Balaban J connectivity index is 1.72. The number of nitrogens with one attached hydrogen (secondary N) is 2. The summed E-state index contributed by atoms with van der Waals surface area (Å²) in [6, 6.07) is 28.4. The van der Waals surface area contributed by atoms with Crippen LogP contribution in [0.2, 0.25) is 0 Å². The van der Waals surface area contributed by atoms with Crippen LogP contribution in [0.3, 0.4) is 0 Å². The predicted octanol–water partition coefficient (Wildman–Crippen LogP) is 4.12. The van der Waals surface area contributed by atoms with Crippen molar-refractivity contribution in [1.82, 2.24) is 20.6 Å². The van der Waals surface area contributed by atoms with Crippen molar-refractivity contribution in [2.75, 3.05) is 0 Å². The van der Waals surface area contributed by atoms with Gasteiger partial charge in [0.25, 0.3) is 11.8 Å². The molecule has 0 fully saturated rings. The van der Waals surface area contributed by atoms with Crippen molar-refractivity contribution in [3.8, 4) is 0 Å². The van der Waals surface area contributed by atoms with E-state index in [1.807, 2.05) is 60.7 Å². The summed E-state index contributed by atoms with van der Waals surface area (Å²) < 4.78 is 0. The lowest BCUT2D eigenvalue weighted by molar-refractivity contribution is 0.0876. The molecule has 0 aliphatic rings. The second kappa shape index (κ2) is 10.1. The van der Waals surface area contributed by atoms with Crippen LogP contribution in [0.5, 0.6) is 0 Å². The molecule has 4 aromatic rings. The summed E-state index contributed by atoms with van der Waals surface area (Å²) in [7, 11) is 0. The Labute approximate surface area is 186 Å². The van der Waals surface area contributed by atoms with Crippen molar-refractivity contribution in [2.24, 2.45) is 0 Å². The minimum Gasteiger partial charge on any atom is -0.341 e. The van der Waals surface area contributed by atoms with Crippen molar-refractivity contribution in [1.29, 1.82) is 0 Å². The van der Waals surface area contributed by atoms with Crippen molar-refractivity contribution < 1.29 is 9.59 Å². The van der Waals surface area contributed by atoms with Crippen LogP contribution in [-0.2, 0) is 0 Å². The quantitative estimate of drug-likeness (QED) is 0.469. The molecule has 4 rings (SSSR count). The lowest BCUT2D eigenvalue weighted by Crippen LogP contribution is -2.41. The summed E-state index contributed by atoms with van der Waals surface area (Å²) >= 11 is 0. The monoisotopic (exact) mass is 422 g/mol. The van der Waals surface area contributed by atoms with Gasteiger partial charge in [0.1, 0.15) is 11.4 Å². The first-order valence-electron chi connectivity index (χ1n) is 10.3. The molecule has 158 valence electrons. The Hall–Kier alpha value is -4.32. The number of benzene rings is 2. The van der Waals surface area contributed by atoms with Crippen molar-refractivity contribution >= 4 is 11.8 Å². The summed E-state index contributed by atoms with van der Waals surface area (Å²) in [4.78, 5) is 34.4. The fourth-order valence-corrected chi connectivity index (χ4v) is 3.46. The van der Waals surface area contributed by atoms with E-state index in [1.54, 1.807) is 48.8 Å². The molecule has 2 aromatic heterocycles. The molecule has 0 aliphatic carbocycles. The smallest absolute Gasteiger partial charge is 0.270 e. The van der Waals surface area contributed by atoms with Crippen LogP contribution in [-0.4, -0.2) is 21.8 Å². The van der Waals surface area contributed by atoms with E-state index in [2.05, 4.69) is 20.6 Å². The molecule has 6 nitrogen and oxygen atoms in total. The highest BCUT2D eigenvalue weighted by molar-refractivity contribution is 5.93. The number of rotatable bonds is 7. The average Bonchev–Trinajstić information content (AvgIpc) is 2.88. The maximum atomic E-state index is 13.0. The third-order valence-corrected chi connectivity index (χ3v) is 5.02. The number of nitrogens with zero attached hydrogens (tertiary/aromatic N) is 2. The van der Waals surface area contributed by atoms with Gasteiger partial charge in [-0.2, -0.15) is 0 Å². The van der Waals surface area contributed by atoms with Crippen LogP contribution in [0, 0.1) is 0 Å². The van der Waals surface area contributed by atoms with Crippen LogP contribution in [0.1, 0.15) is 44.2 Å². The molecule has 2 atom stereocenters. The predicted molar refractivity (Wildman–Crippen MR) is 122 cm³/mol. The van der Waals surface area contributed by atoms with E-state index in [1.165, 1.54) is 0 Å². The summed E-state index contributed by atoms with van der Waals surface area (Å²) in [6.07, 6.45) is 3.15. The first kappa shape index (κ1) is 20.9. The molecule has 6 heteroatoms. The molecule has 2 amide bonds. The topological polar surface area (TPSA) is 84.0 Å². The average molecular weight is 422 g/mol. The number of hydrogen-bond donors (Lipinski definition) is 2. The van der Waals surface area contributed by atoms with Gasteiger partial charge in [-0.05, 0) is 35.4 Å². The van der Waals surface area contributed by atoms with E-state index in [-0.39, 0.29) is 11.8 Å². The molecular weight excluding hydrogens is 400 g/mol. The van der Waals surface area contributed by atoms with Gasteiger partial charge in [0.15, 0.2) is 0 Å². The summed E-state index contributed by atoms with van der Waals surface area (Å²) in [5.41, 5.74) is 2.31. The van der Waals surface area contributed by atoms with E-state index < -0.39 is 12.1 Å². The van der Waals surface area contributed by atoms with Gasteiger partial charge in [-0.3, -0.25) is 19.6 Å². The minimum atomic E-state index is -0.541. The van der Waals surface area contributed by atoms with Crippen LogP contribution in [0.4, 0.5) is 0 Å². The zero-order valence-electron chi connectivity index (χ0n) is 17.3. The van der Waals surface area contributed by atoms with Gasteiger partial charge < -0.3 is 10.6 Å². The normalized spacial score (nSPS) is 12.4. The highest BCUT2D eigenvalue weighted by atomic mass is 16.2. The summed E-state index contributed by atoms with van der Waals surface area (Å²) in [6.45, 7) is 0. The van der Waals surface area contributed by atoms with E-state index >= 15 is 0 Å². The molecule has 0 aliphatic heterocycles. The summed E-state index contributed by atoms with van der Waals surface area (Å²) in [5.74, 6) is -0.653. The lowest BCUT2D eigenvalue weighted by Gasteiger charge is -2.30. The van der Waals surface area contributed by atoms with E-state index in [4.69, 9.17) is 0 Å². The van der Waals surface area contributed by atoms with Crippen LogP contribution < -0.4 is 10.6 Å². The fraction of sp³-hybridized carbons (Fsp3) is 0.0769. The van der Waals surface area contributed by atoms with Gasteiger partial charge in [-0.1, -0.05) is 72.8 Å². The van der Waals surface area contributed by atoms with Gasteiger partial charge in [0, 0.05) is 12.4 Å². The van der Waals surface area contributed by atoms with Crippen molar-refractivity contribution in [3.05, 3.63) is 132 Å². The second-order valence-electron chi connectivity index (χ2n) is 7.15. The first-order valence-corrected chi connectivity index (χ1v) is 10.3. The molecule has 2 heterocycles. The minimum absolute atomic E-state index is 0.302. The summed E-state index contributed by atoms with van der Waals surface area (Å²) in [5, 5.41) is 6.14. The number of pyridine rings is 2. The number of carbonyl (C=O) groups is 2. The third-order valence-electron chi connectivity index (χ3n) is 5.02. The van der Waals surface area contributed by atoms with E-state index in [0.717, 1.165) is 11.1 Å². The number of aromatic nitrogens is 2. The molecule has 0 saturated carbocycles. The van der Waals surface area contributed by atoms with Gasteiger partial charge in [0.2, 0.25) is 0 Å². The van der Waals surface area contributed by atoms with Gasteiger partial charge in [-0.15, -0.1) is 0 Å². The Bertz CT molecular complexity index is 1060. The zero-order valence-corrected chi connectivity index (χ0v) is 17.3. The van der Waals surface area contributed by atoms with Gasteiger partial charge >= 0.3 is 0 Å². The van der Waals surface area contributed by atoms with Gasteiger partial charge in [-0.25, -0.2) is 0 Å². The Morgan fingerprint density at radius 1 is 0.531 bits per heavy atom. The molecule has 2 unspecified atom stereocenters. The van der Waals surface area contributed by atoms with Crippen molar-refractivity contribution in [2.45, 2.75) is 12.1 Å². The van der Waals surface area contributed by atoms with Gasteiger partial charge in [0.05, 0.1) is 12.1 Å². The molecule has 2 N–H and O–H groups in total. The molecule has 2 aromatic carbocycles.